The first-order valence-electron chi connectivity index (χ1n) is 8.31. The molecular weight excluding hydrogens is 407 g/mol. The zero-order valence-electron chi connectivity index (χ0n) is 14.7. The van der Waals surface area contributed by atoms with Crippen LogP contribution in [-0.4, -0.2) is 62.6 Å². The summed E-state index contributed by atoms with van der Waals surface area (Å²) in [5.74, 6) is 3.86. The number of rotatable bonds is 8. The van der Waals surface area contributed by atoms with E-state index in [9.17, 15) is 0 Å². The molecule has 1 aliphatic heterocycles. The quantitative estimate of drug-likeness (QED) is 0.263. The lowest BCUT2D eigenvalue weighted by molar-refractivity contribution is 0.143. The molecule has 0 bridgehead atoms. The third-order valence-corrected chi connectivity index (χ3v) is 4.65. The second-order valence-corrected chi connectivity index (χ2v) is 7.32. The van der Waals surface area contributed by atoms with Crippen molar-refractivity contribution in [2.24, 2.45) is 16.8 Å². The van der Waals surface area contributed by atoms with Crippen molar-refractivity contribution in [3.8, 4) is 0 Å². The van der Waals surface area contributed by atoms with E-state index in [1.54, 1.807) is 0 Å². The fraction of sp³-hybridized carbons (Fsp3) is 0.938. The Labute approximate surface area is 158 Å². The Morgan fingerprint density at radius 1 is 1.14 bits per heavy atom. The van der Waals surface area contributed by atoms with Crippen LogP contribution < -0.4 is 10.6 Å². The summed E-state index contributed by atoms with van der Waals surface area (Å²) in [7, 11) is 1.85. The molecule has 0 aliphatic carbocycles. The van der Waals surface area contributed by atoms with E-state index in [2.05, 4.69) is 40.6 Å². The van der Waals surface area contributed by atoms with Crippen LogP contribution in [0.15, 0.2) is 4.99 Å². The van der Waals surface area contributed by atoms with E-state index in [1.807, 2.05) is 18.8 Å². The fourth-order valence-corrected chi connectivity index (χ4v) is 3.60. The first-order valence-corrected chi connectivity index (χ1v) is 9.71. The van der Waals surface area contributed by atoms with E-state index in [1.165, 1.54) is 38.1 Å². The summed E-state index contributed by atoms with van der Waals surface area (Å²) in [5, 5.41) is 6.82. The number of nitrogens with zero attached hydrogens (tertiary/aromatic N) is 2. The van der Waals surface area contributed by atoms with Gasteiger partial charge in [0.25, 0.3) is 0 Å². The molecule has 132 valence electrons. The summed E-state index contributed by atoms with van der Waals surface area (Å²) >= 11 is 1.92. The predicted molar refractivity (Wildman–Crippen MR) is 112 cm³/mol. The highest BCUT2D eigenvalue weighted by atomic mass is 127. The van der Waals surface area contributed by atoms with Gasteiger partial charge in [0.2, 0.25) is 0 Å². The Bertz CT molecular complexity index is 292. The third-order valence-electron chi connectivity index (χ3n) is 3.96. The Hall–Kier alpha value is 0.310. The molecule has 1 rings (SSSR count). The minimum Gasteiger partial charge on any atom is -0.356 e. The summed E-state index contributed by atoms with van der Waals surface area (Å²) in [6.45, 7) is 10.3. The molecule has 4 nitrogen and oxygen atoms in total. The number of hydrogen-bond acceptors (Lipinski definition) is 3. The molecule has 6 heteroatoms. The molecule has 2 atom stereocenters. The van der Waals surface area contributed by atoms with Crippen LogP contribution in [0.2, 0.25) is 0 Å². The third kappa shape index (κ3) is 10.2. The van der Waals surface area contributed by atoms with Crippen LogP contribution in [0.25, 0.3) is 0 Å². The number of hydrogen-bond donors (Lipinski definition) is 2. The summed E-state index contributed by atoms with van der Waals surface area (Å²) in [6, 6.07) is 0. The number of aliphatic imine (C=N–C) groups is 1. The summed E-state index contributed by atoms with van der Waals surface area (Å²) in [5.41, 5.74) is 0. The van der Waals surface area contributed by atoms with Gasteiger partial charge in [0.15, 0.2) is 5.96 Å². The maximum atomic E-state index is 4.29. The van der Waals surface area contributed by atoms with Gasteiger partial charge in [-0.25, -0.2) is 0 Å². The van der Waals surface area contributed by atoms with Crippen molar-refractivity contribution in [2.75, 3.05) is 51.8 Å². The van der Waals surface area contributed by atoms with Crippen LogP contribution in [0.4, 0.5) is 0 Å². The molecule has 1 aliphatic rings. The van der Waals surface area contributed by atoms with Crippen LogP contribution in [0.5, 0.6) is 0 Å². The lowest BCUT2D eigenvalue weighted by Crippen LogP contribution is -2.45. The van der Waals surface area contributed by atoms with E-state index in [0.29, 0.717) is 0 Å². The van der Waals surface area contributed by atoms with Crippen LogP contribution in [0.1, 0.15) is 33.1 Å². The van der Waals surface area contributed by atoms with Gasteiger partial charge in [-0.2, -0.15) is 11.8 Å². The van der Waals surface area contributed by atoms with Crippen LogP contribution in [-0.2, 0) is 0 Å². The van der Waals surface area contributed by atoms with Crippen molar-refractivity contribution in [1.82, 2.24) is 15.5 Å². The first kappa shape index (κ1) is 22.3. The van der Waals surface area contributed by atoms with Crippen molar-refractivity contribution in [2.45, 2.75) is 33.1 Å². The molecule has 0 saturated carbocycles. The van der Waals surface area contributed by atoms with E-state index in [-0.39, 0.29) is 24.0 Å². The molecule has 1 heterocycles. The largest absolute Gasteiger partial charge is 0.356 e. The Balaban J connectivity index is 0.00000441. The van der Waals surface area contributed by atoms with E-state index in [4.69, 9.17) is 0 Å². The molecule has 0 aromatic rings. The topological polar surface area (TPSA) is 39.7 Å². The smallest absolute Gasteiger partial charge is 0.191 e. The molecule has 0 amide bonds. The molecule has 0 aromatic carbocycles. The molecule has 2 unspecified atom stereocenters. The number of thioether (sulfide) groups is 1. The van der Waals surface area contributed by atoms with Crippen molar-refractivity contribution in [3.05, 3.63) is 0 Å². The summed E-state index contributed by atoms with van der Waals surface area (Å²) in [6.07, 6.45) is 6.02. The van der Waals surface area contributed by atoms with Gasteiger partial charge in [0, 0.05) is 39.8 Å². The zero-order chi connectivity index (χ0) is 15.5. The van der Waals surface area contributed by atoms with Crippen LogP contribution in [0, 0.1) is 11.8 Å². The normalized spacial score (nSPS) is 23.0. The van der Waals surface area contributed by atoms with Crippen LogP contribution >= 0.6 is 35.7 Å². The van der Waals surface area contributed by atoms with Gasteiger partial charge in [-0.05, 0) is 43.1 Å². The van der Waals surface area contributed by atoms with E-state index < -0.39 is 0 Å². The second kappa shape index (κ2) is 13.7. The lowest BCUT2D eigenvalue weighted by Gasteiger charge is -2.35. The van der Waals surface area contributed by atoms with Crippen molar-refractivity contribution < 1.29 is 0 Å². The molecule has 0 spiro atoms. The SMILES string of the molecule is CN=C(NCCCCSC)NCCN1CC(C)CC(C)C1.I. The van der Waals surface area contributed by atoms with Crippen LogP contribution in [0.3, 0.4) is 0 Å². The number of guanidine groups is 1. The summed E-state index contributed by atoms with van der Waals surface area (Å²) < 4.78 is 0. The predicted octanol–water partition coefficient (Wildman–Crippen LogP) is 2.89. The standard InChI is InChI=1S/C16H34N4S.HI/c1-14-11-15(2)13-20(12-14)9-8-19-16(17-3)18-7-5-6-10-21-4;/h14-15H,5-13H2,1-4H3,(H2,17,18,19);1H. The number of unbranched alkanes of at least 4 members (excludes halogenated alkanes) is 1. The number of piperidine rings is 1. The van der Waals surface area contributed by atoms with Crippen molar-refractivity contribution >= 4 is 41.7 Å². The summed E-state index contributed by atoms with van der Waals surface area (Å²) in [4.78, 5) is 6.87. The van der Waals surface area contributed by atoms with Gasteiger partial charge >= 0.3 is 0 Å². The zero-order valence-corrected chi connectivity index (χ0v) is 17.9. The number of likely N-dealkylation sites (tertiary alicyclic amines) is 1. The minimum absolute atomic E-state index is 0. The average molecular weight is 442 g/mol. The van der Waals surface area contributed by atoms with Gasteiger partial charge < -0.3 is 15.5 Å². The van der Waals surface area contributed by atoms with Gasteiger partial charge in [-0.1, -0.05) is 13.8 Å². The maximum Gasteiger partial charge on any atom is 0.191 e. The fourth-order valence-electron chi connectivity index (χ4n) is 3.11. The second-order valence-electron chi connectivity index (χ2n) is 6.33. The monoisotopic (exact) mass is 442 g/mol. The molecule has 1 fully saturated rings. The highest BCUT2D eigenvalue weighted by Crippen LogP contribution is 2.20. The molecule has 2 N–H and O–H groups in total. The van der Waals surface area contributed by atoms with Crippen molar-refractivity contribution in [1.29, 1.82) is 0 Å². The highest BCUT2D eigenvalue weighted by Gasteiger charge is 2.21. The van der Waals surface area contributed by atoms with Gasteiger partial charge in [0.1, 0.15) is 0 Å². The van der Waals surface area contributed by atoms with Gasteiger partial charge in [-0.15, -0.1) is 24.0 Å². The molecule has 0 aromatic heterocycles. The maximum absolute atomic E-state index is 4.29. The van der Waals surface area contributed by atoms with Gasteiger partial charge in [0.05, 0.1) is 0 Å². The van der Waals surface area contributed by atoms with E-state index in [0.717, 1.165) is 37.4 Å². The first-order chi connectivity index (χ1) is 10.2. The highest BCUT2D eigenvalue weighted by molar-refractivity contribution is 14.0. The number of halogens is 1. The molecule has 1 saturated heterocycles. The average Bonchev–Trinajstić information content (AvgIpc) is 2.44. The van der Waals surface area contributed by atoms with Crippen molar-refractivity contribution in [3.63, 3.8) is 0 Å². The minimum atomic E-state index is 0. The molecule has 0 radical (unpaired) electrons. The Morgan fingerprint density at radius 3 is 2.36 bits per heavy atom. The Kier molecular flexibility index (Phi) is 13.9. The van der Waals surface area contributed by atoms with Gasteiger partial charge in [-0.3, -0.25) is 4.99 Å². The number of nitrogens with one attached hydrogen (secondary N) is 2. The molecular formula is C16H35IN4S. The molecule has 22 heavy (non-hydrogen) atoms. The van der Waals surface area contributed by atoms with E-state index >= 15 is 0 Å². The Morgan fingerprint density at radius 2 is 1.77 bits per heavy atom. The lowest BCUT2D eigenvalue weighted by atomic mass is 9.92.